The van der Waals surface area contributed by atoms with E-state index in [1.807, 2.05) is 12.1 Å². The zero-order valence-electron chi connectivity index (χ0n) is 8.85. The Bertz CT molecular complexity index is 401. The van der Waals surface area contributed by atoms with E-state index in [0.29, 0.717) is 10.0 Å². The summed E-state index contributed by atoms with van der Waals surface area (Å²) in [4.78, 5) is 0. The lowest BCUT2D eigenvalue weighted by Crippen LogP contribution is -2.19. The predicted molar refractivity (Wildman–Crippen MR) is 63.6 cm³/mol. The lowest BCUT2D eigenvalue weighted by molar-refractivity contribution is 0.231. The number of halogens is 2. The van der Waals surface area contributed by atoms with Crippen molar-refractivity contribution in [3.63, 3.8) is 0 Å². The molecule has 1 aromatic rings. The third-order valence-electron chi connectivity index (χ3n) is 3.63. The third-order valence-corrected chi connectivity index (χ3v) is 4.18. The maximum atomic E-state index is 9.55. The minimum Gasteiger partial charge on any atom is -0.395 e. The standard InChI is InChI=1S/C12H14Cl2O/c1-11(2)6-12(11,7-15)9-4-3-8(13)5-10(9)14/h3-5,15H,6-7H2,1-2H3. The fourth-order valence-corrected chi connectivity index (χ4v) is 2.99. The Kier molecular flexibility index (Phi) is 2.53. The highest BCUT2D eigenvalue weighted by atomic mass is 35.5. The summed E-state index contributed by atoms with van der Waals surface area (Å²) in [6.07, 6.45) is 0.970. The van der Waals surface area contributed by atoms with Crippen LogP contribution in [0.25, 0.3) is 0 Å². The van der Waals surface area contributed by atoms with Crippen molar-refractivity contribution >= 4 is 23.2 Å². The molecule has 15 heavy (non-hydrogen) atoms. The average molecular weight is 245 g/mol. The van der Waals surface area contributed by atoms with Gasteiger partial charge in [0, 0.05) is 15.5 Å². The van der Waals surface area contributed by atoms with E-state index in [4.69, 9.17) is 23.2 Å². The van der Waals surface area contributed by atoms with Crippen molar-refractivity contribution in [2.75, 3.05) is 6.61 Å². The van der Waals surface area contributed by atoms with Crippen LogP contribution in [0.5, 0.6) is 0 Å². The maximum absolute atomic E-state index is 9.55. The van der Waals surface area contributed by atoms with Gasteiger partial charge in [0.1, 0.15) is 0 Å². The van der Waals surface area contributed by atoms with Crippen LogP contribution >= 0.6 is 23.2 Å². The second kappa shape index (κ2) is 3.38. The molecule has 0 aliphatic heterocycles. The molecule has 1 aliphatic rings. The van der Waals surface area contributed by atoms with Crippen LogP contribution in [0, 0.1) is 5.41 Å². The topological polar surface area (TPSA) is 20.2 Å². The van der Waals surface area contributed by atoms with Gasteiger partial charge in [-0.2, -0.15) is 0 Å². The second-order valence-corrected chi connectivity index (χ2v) is 5.77. The first-order valence-corrected chi connectivity index (χ1v) is 5.75. The van der Waals surface area contributed by atoms with Gasteiger partial charge >= 0.3 is 0 Å². The van der Waals surface area contributed by atoms with E-state index < -0.39 is 0 Å². The van der Waals surface area contributed by atoms with Crippen molar-refractivity contribution < 1.29 is 5.11 Å². The van der Waals surface area contributed by atoms with Crippen LogP contribution < -0.4 is 0 Å². The molecule has 2 rings (SSSR count). The molecule has 1 atom stereocenters. The molecule has 1 nitrogen and oxygen atoms in total. The molecule has 0 heterocycles. The first kappa shape index (κ1) is 11.3. The molecule has 3 heteroatoms. The zero-order valence-corrected chi connectivity index (χ0v) is 10.4. The molecule has 82 valence electrons. The number of aliphatic hydroxyl groups is 1. The first-order chi connectivity index (χ1) is 6.93. The molecule has 0 aromatic heterocycles. The molecule has 0 bridgehead atoms. The van der Waals surface area contributed by atoms with Gasteiger partial charge < -0.3 is 5.11 Å². The van der Waals surface area contributed by atoms with Gasteiger partial charge in [0.05, 0.1) is 6.61 Å². The number of rotatable bonds is 2. The Hall–Kier alpha value is -0.240. The van der Waals surface area contributed by atoms with Gasteiger partial charge in [-0.15, -0.1) is 0 Å². The Labute approximate surface area is 100 Å². The Morgan fingerprint density at radius 3 is 2.33 bits per heavy atom. The van der Waals surface area contributed by atoms with Crippen LogP contribution in [-0.4, -0.2) is 11.7 Å². The molecule has 1 N–H and O–H groups in total. The summed E-state index contributed by atoms with van der Waals surface area (Å²) < 4.78 is 0. The summed E-state index contributed by atoms with van der Waals surface area (Å²) in [6.45, 7) is 4.43. The Balaban J connectivity index is 2.46. The van der Waals surface area contributed by atoms with E-state index in [-0.39, 0.29) is 17.4 Å². The molecule has 1 fully saturated rings. The van der Waals surface area contributed by atoms with E-state index in [1.165, 1.54) is 0 Å². The van der Waals surface area contributed by atoms with Crippen molar-refractivity contribution in [3.05, 3.63) is 33.8 Å². The molecule has 1 aliphatic carbocycles. The van der Waals surface area contributed by atoms with E-state index >= 15 is 0 Å². The van der Waals surface area contributed by atoms with Crippen LogP contribution in [0.4, 0.5) is 0 Å². The molecule has 0 spiro atoms. The van der Waals surface area contributed by atoms with Gasteiger partial charge in [0.25, 0.3) is 0 Å². The van der Waals surface area contributed by atoms with Crippen LogP contribution in [0.1, 0.15) is 25.8 Å². The number of hydrogen-bond acceptors (Lipinski definition) is 1. The summed E-state index contributed by atoms with van der Waals surface area (Å²) >= 11 is 12.0. The number of benzene rings is 1. The molecular formula is C12H14Cl2O. The van der Waals surface area contributed by atoms with E-state index in [1.54, 1.807) is 6.07 Å². The largest absolute Gasteiger partial charge is 0.395 e. The van der Waals surface area contributed by atoms with Crippen molar-refractivity contribution in [1.82, 2.24) is 0 Å². The van der Waals surface area contributed by atoms with Gasteiger partial charge in [0.2, 0.25) is 0 Å². The Morgan fingerprint density at radius 1 is 1.33 bits per heavy atom. The van der Waals surface area contributed by atoms with Crippen LogP contribution in [-0.2, 0) is 5.41 Å². The van der Waals surface area contributed by atoms with Gasteiger partial charge in [-0.3, -0.25) is 0 Å². The number of hydrogen-bond donors (Lipinski definition) is 1. The van der Waals surface area contributed by atoms with Crippen molar-refractivity contribution in [2.45, 2.75) is 25.7 Å². The van der Waals surface area contributed by atoms with Gasteiger partial charge in [-0.05, 0) is 29.5 Å². The highest BCUT2D eigenvalue weighted by molar-refractivity contribution is 6.35. The quantitative estimate of drug-likeness (QED) is 0.843. The predicted octanol–water partition coefficient (Wildman–Crippen LogP) is 3.65. The molecule has 1 saturated carbocycles. The Morgan fingerprint density at radius 2 is 1.93 bits per heavy atom. The molecule has 0 radical (unpaired) electrons. The molecule has 1 aromatic carbocycles. The maximum Gasteiger partial charge on any atom is 0.0533 e. The van der Waals surface area contributed by atoms with Gasteiger partial charge in [-0.25, -0.2) is 0 Å². The second-order valence-electron chi connectivity index (χ2n) is 4.93. The van der Waals surface area contributed by atoms with Gasteiger partial charge in [0.15, 0.2) is 0 Å². The monoisotopic (exact) mass is 244 g/mol. The fourth-order valence-electron chi connectivity index (χ4n) is 2.40. The highest BCUT2D eigenvalue weighted by Crippen LogP contribution is 2.65. The summed E-state index contributed by atoms with van der Waals surface area (Å²) in [5, 5.41) is 10.8. The SMILES string of the molecule is CC1(C)CC1(CO)c1ccc(Cl)cc1Cl. The van der Waals surface area contributed by atoms with Crippen LogP contribution in [0.3, 0.4) is 0 Å². The van der Waals surface area contributed by atoms with Crippen molar-refractivity contribution in [1.29, 1.82) is 0 Å². The molecule has 1 unspecified atom stereocenters. The lowest BCUT2D eigenvalue weighted by Gasteiger charge is -2.19. The van der Waals surface area contributed by atoms with E-state index in [0.717, 1.165) is 12.0 Å². The summed E-state index contributed by atoms with van der Waals surface area (Å²) in [5.41, 5.74) is 0.967. The average Bonchev–Trinajstić information content (AvgIpc) is 2.69. The highest BCUT2D eigenvalue weighted by Gasteiger charge is 2.62. The lowest BCUT2D eigenvalue weighted by atomic mass is 9.89. The van der Waals surface area contributed by atoms with Crippen LogP contribution in [0.15, 0.2) is 18.2 Å². The summed E-state index contributed by atoms with van der Waals surface area (Å²) in [6, 6.07) is 5.49. The van der Waals surface area contributed by atoms with Crippen LogP contribution in [0.2, 0.25) is 10.0 Å². The summed E-state index contributed by atoms with van der Waals surface area (Å²) in [5.74, 6) is 0. The molecule has 0 saturated heterocycles. The molecule has 0 amide bonds. The smallest absolute Gasteiger partial charge is 0.0533 e. The molecular weight excluding hydrogens is 231 g/mol. The van der Waals surface area contributed by atoms with Crippen molar-refractivity contribution in [2.24, 2.45) is 5.41 Å². The van der Waals surface area contributed by atoms with E-state index in [2.05, 4.69) is 13.8 Å². The zero-order chi connectivity index (χ0) is 11.3. The summed E-state index contributed by atoms with van der Waals surface area (Å²) in [7, 11) is 0. The minimum absolute atomic E-state index is 0.124. The van der Waals surface area contributed by atoms with Gasteiger partial charge in [-0.1, -0.05) is 43.1 Å². The minimum atomic E-state index is -0.172. The van der Waals surface area contributed by atoms with E-state index in [9.17, 15) is 5.11 Å². The van der Waals surface area contributed by atoms with Crippen molar-refractivity contribution in [3.8, 4) is 0 Å². The fraction of sp³-hybridized carbons (Fsp3) is 0.500. The normalized spacial score (nSPS) is 27.8. The number of aliphatic hydroxyl groups excluding tert-OH is 1. The third kappa shape index (κ3) is 1.57. The first-order valence-electron chi connectivity index (χ1n) is 4.99.